The van der Waals surface area contributed by atoms with Gasteiger partial charge in [0.1, 0.15) is 0 Å². The van der Waals surface area contributed by atoms with E-state index in [9.17, 15) is 4.79 Å². The lowest BCUT2D eigenvalue weighted by Crippen LogP contribution is -2.61. The van der Waals surface area contributed by atoms with Crippen LogP contribution in [0.1, 0.15) is 31.4 Å². The topological polar surface area (TPSA) is 45.2 Å². The lowest BCUT2D eigenvalue weighted by molar-refractivity contribution is -0.128. The second kappa shape index (κ2) is 4.74. The fourth-order valence-corrected chi connectivity index (χ4v) is 3.52. The minimum absolute atomic E-state index is 0.170. The van der Waals surface area contributed by atoms with Crippen LogP contribution in [-0.2, 0) is 11.3 Å². The minimum Gasteiger partial charge on any atom is -0.351 e. The highest BCUT2D eigenvalue weighted by atomic mass is 32.1. The summed E-state index contributed by atoms with van der Waals surface area (Å²) in [5.41, 5.74) is 2.95. The van der Waals surface area contributed by atoms with Gasteiger partial charge in [-0.1, -0.05) is 12.8 Å². The lowest BCUT2D eigenvalue weighted by atomic mass is 9.87. The molecule has 2 aliphatic rings. The average molecular weight is 251 g/mol. The molecule has 4 nitrogen and oxygen atoms in total. The van der Waals surface area contributed by atoms with Crippen LogP contribution in [0.2, 0.25) is 0 Å². The van der Waals surface area contributed by atoms with Crippen LogP contribution in [0, 0.1) is 0 Å². The molecule has 92 valence electrons. The van der Waals surface area contributed by atoms with E-state index in [2.05, 4.69) is 20.6 Å². The summed E-state index contributed by atoms with van der Waals surface area (Å²) in [7, 11) is 0. The number of carbonyl (C=O) groups excluding carboxylic acids is 1. The first kappa shape index (κ1) is 11.2. The fourth-order valence-electron chi connectivity index (χ4n) is 2.97. The molecule has 1 saturated carbocycles. The zero-order chi connectivity index (χ0) is 11.7. The van der Waals surface area contributed by atoms with Crippen molar-refractivity contribution in [3.63, 3.8) is 0 Å². The maximum Gasteiger partial charge on any atom is 0.234 e. The Kier molecular flexibility index (Phi) is 3.11. The summed E-state index contributed by atoms with van der Waals surface area (Å²) in [5.74, 6) is 0.170. The third-order valence-electron chi connectivity index (χ3n) is 3.74. The number of amides is 1. The Morgan fingerprint density at radius 2 is 2.35 bits per heavy atom. The second-order valence-electron chi connectivity index (χ2n) is 4.91. The highest BCUT2D eigenvalue weighted by molar-refractivity contribution is 7.07. The minimum atomic E-state index is 0.170. The van der Waals surface area contributed by atoms with E-state index in [-0.39, 0.29) is 5.91 Å². The predicted molar refractivity (Wildman–Crippen MR) is 66.7 cm³/mol. The van der Waals surface area contributed by atoms with Gasteiger partial charge in [-0.15, -0.1) is 11.3 Å². The molecular weight excluding hydrogens is 234 g/mol. The fraction of sp³-hybridized carbons (Fsp3) is 0.667. The van der Waals surface area contributed by atoms with Gasteiger partial charge in [0.05, 0.1) is 17.7 Å². The normalized spacial score (nSPS) is 29.8. The number of hydrogen-bond acceptors (Lipinski definition) is 4. The van der Waals surface area contributed by atoms with E-state index >= 15 is 0 Å². The number of fused-ring (bicyclic) bond motifs is 1. The molecule has 0 spiro atoms. The third kappa shape index (κ3) is 2.35. The van der Waals surface area contributed by atoms with Gasteiger partial charge in [-0.3, -0.25) is 9.69 Å². The Morgan fingerprint density at radius 3 is 3.18 bits per heavy atom. The van der Waals surface area contributed by atoms with E-state index in [1.165, 1.54) is 19.3 Å². The van der Waals surface area contributed by atoms with Gasteiger partial charge < -0.3 is 5.32 Å². The van der Waals surface area contributed by atoms with Gasteiger partial charge in [-0.05, 0) is 12.8 Å². The summed E-state index contributed by atoms with van der Waals surface area (Å²) in [5, 5.41) is 5.20. The summed E-state index contributed by atoms with van der Waals surface area (Å²) < 4.78 is 0. The maximum absolute atomic E-state index is 11.7. The number of hydrogen-bond donors (Lipinski definition) is 1. The Labute approximate surface area is 105 Å². The first-order valence-electron chi connectivity index (χ1n) is 6.23. The molecule has 1 aliphatic carbocycles. The van der Waals surface area contributed by atoms with Crippen molar-refractivity contribution in [3.05, 3.63) is 16.6 Å². The molecular formula is C12H17N3OS. The van der Waals surface area contributed by atoms with E-state index in [4.69, 9.17) is 0 Å². The summed E-state index contributed by atoms with van der Waals surface area (Å²) in [6.07, 6.45) is 4.86. The zero-order valence-corrected chi connectivity index (χ0v) is 10.6. The summed E-state index contributed by atoms with van der Waals surface area (Å²) >= 11 is 1.62. The molecule has 3 rings (SSSR count). The maximum atomic E-state index is 11.7. The second-order valence-corrected chi connectivity index (χ2v) is 5.63. The van der Waals surface area contributed by atoms with Crippen molar-refractivity contribution >= 4 is 17.2 Å². The number of thiazole rings is 1. The Balaban J connectivity index is 1.74. The molecule has 0 unspecified atom stereocenters. The lowest BCUT2D eigenvalue weighted by Gasteiger charge is -2.43. The van der Waals surface area contributed by atoms with Crippen LogP contribution in [0.25, 0.3) is 0 Å². The van der Waals surface area contributed by atoms with Crippen LogP contribution in [0.3, 0.4) is 0 Å². The van der Waals surface area contributed by atoms with Crippen LogP contribution < -0.4 is 5.32 Å². The average Bonchev–Trinajstić information content (AvgIpc) is 2.81. The largest absolute Gasteiger partial charge is 0.351 e. The van der Waals surface area contributed by atoms with Crippen molar-refractivity contribution in [2.45, 2.75) is 44.3 Å². The highest BCUT2D eigenvalue weighted by Gasteiger charge is 2.36. The van der Waals surface area contributed by atoms with Gasteiger partial charge in [0.15, 0.2) is 0 Å². The number of carbonyl (C=O) groups is 1. The molecule has 2 fully saturated rings. The molecule has 2 heterocycles. The first-order valence-corrected chi connectivity index (χ1v) is 7.18. The molecule has 5 heteroatoms. The van der Waals surface area contributed by atoms with Crippen molar-refractivity contribution in [1.82, 2.24) is 15.2 Å². The Morgan fingerprint density at radius 1 is 1.47 bits per heavy atom. The standard InChI is InChI=1S/C12H17N3OS/c16-12-6-15(5-9-7-17-8-13-9)11-4-2-1-3-10(11)14-12/h7-8,10-11H,1-6H2,(H,14,16)/t10-,11-/m0/s1. The predicted octanol–water partition coefficient (Wildman–Crippen LogP) is 1.39. The molecule has 1 N–H and O–H groups in total. The Hall–Kier alpha value is -0.940. The van der Waals surface area contributed by atoms with Gasteiger partial charge >= 0.3 is 0 Å². The number of aromatic nitrogens is 1. The van der Waals surface area contributed by atoms with Crippen LogP contribution in [0.5, 0.6) is 0 Å². The summed E-state index contributed by atoms with van der Waals surface area (Å²) in [4.78, 5) is 18.3. The number of rotatable bonds is 2. The van der Waals surface area contributed by atoms with Gasteiger partial charge in [0.25, 0.3) is 0 Å². The summed E-state index contributed by atoms with van der Waals surface area (Å²) in [6.45, 7) is 1.34. The SMILES string of the molecule is O=C1CN(Cc2cscn2)[C@H]2CCCC[C@@H]2N1. The van der Waals surface area contributed by atoms with E-state index in [1.807, 2.05) is 5.51 Å². The van der Waals surface area contributed by atoms with Gasteiger partial charge in [0.2, 0.25) is 5.91 Å². The summed E-state index contributed by atoms with van der Waals surface area (Å²) in [6, 6.07) is 0.881. The van der Waals surface area contributed by atoms with Crippen LogP contribution in [0.15, 0.2) is 10.9 Å². The van der Waals surface area contributed by atoms with Crippen LogP contribution in [0.4, 0.5) is 0 Å². The molecule has 0 aromatic carbocycles. The zero-order valence-electron chi connectivity index (χ0n) is 9.76. The smallest absolute Gasteiger partial charge is 0.234 e. The number of nitrogens with zero attached hydrogens (tertiary/aromatic N) is 2. The van der Waals surface area contributed by atoms with Gasteiger partial charge in [0, 0.05) is 24.0 Å². The molecule has 1 aromatic rings. The van der Waals surface area contributed by atoms with Gasteiger partial charge in [-0.25, -0.2) is 4.98 Å². The van der Waals surface area contributed by atoms with Crippen molar-refractivity contribution in [2.24, 2.45) is 0 Å². The molecule has 1 aliphatic heterocycles. The molecule has 1 aromatic heterocycles. The monoisotopic (exact) mass is 251 g/mol. The van der Waals surface area contributed by atoms with E-state index < -0.39 is 0 Å². The quantitative estimate of drug-likeness (QED) is 0.864. The number of nitrogens with one attached hydrogen (secondary N) is 1. The van der Waals surface area contributed by atoms with Crippen LogP contribution >= 0.6 is 11.3 Å². The van der Waals surface area contributed by atoms with Crippen molar-refractivity contribution in [1.29, 1.82) is 0 Å². The van der Waals surface area contributed by atoms with E-state index in [0.29, 0.717) is 18.6 Å². The molecule has 0 radical (unpaired) electrons. The molecule has 2 atom stereocenters. The Bertz CT molecular complexity index is 392. The molecule has 1 saturated heterocycles. The molecule has 0 bridgehead atoms. The van der Waals surface area contributed by atoms with E-state index in [1.54, 1.807) is 11.3 Å². The molecule has 1 amide bonds. The van der Waals surface area contributed by atoms with Crippen LogP contribution in [-0.4, -0.2) is 34.4 Å². The van der Waals surface area contributed by atoms with E-state index in [0.717, 1.165) is 18.7 Å². The highest BCUT2D eigenvalue weighted by Crippen LogP contribution is 2.26. The van der Waals surface area contributed by atoms with Crippen molar-refractivity contribution in [2.75, 3.05) is 6.54 Å². The third-order valence-corrected chi connectivity index (χ3v) is 4.38. The van der Waals surface area contributed by atoms with Crippen molar-refractivity contribution in [3.8, 4) is 0 Å². The number of piperazine rings is 1. The van der Waals surface area contributed by atoms with Crippen molar-refractivity contribution < 1.29 is 4.79 Å². The first-order chi connectivity index (χ1) is 8.33. The van der Waals surface area contributed by atoms with Gasteiger partial charge in [-0.2, -0.15) is 0 Å². The molecule has 17 heavy (non-hydrogen) atoms.